The summed E-state index contributed by atoms with van der Waals surface area (Å²) in [4.78, 5) is 37.2. The largest absolute Gasteiger partial charge is 0.369 e. The lowest BCUT2D eigenvalue weighted by Crippen LogP contribution is -2.49. The molecule has 0 bridgehead atoms. The quantitative estimate of drug-likeness (QED) is 0.421. The van der Waals surface area contributed by atoms with Gasteiger partial charge in [0.2, 0.25) is 10.0 Å². The van der Waals surface area contributed by atoms with Crippen molar-refractivity contribution >= 4 is 44.1 Å². The Balaban J connectivity index is 1.53. The number of hydrogen-bond donors (Lipinski definition) is 1. The number of hydrogen-bond acceptors (Lipinski definition) is 7. The number of carbonyl (C=O) groups excluding carboxylic acids is 2. The number of anilines is 1. The van der Waals surface area contributed by atoms with Crippen LogP contribution in [0, 0.1) is 12.8 Å². The zero-order valence-electron chi connectivity index (χ0n) is 25.3. The van der Waals surface area contributed by atoms with Crippen molar-refractivity contribution < 1.29 is 18.0 Å². The Morgan fingerprint density at radius 3 is 2.45 bits per heavy atom. The summed E-state index contributed by atoms with van der Waals surface area (Å²) in [6.07, 6.45) is 6.75. The number of amides is 2. The van der Waals surface area contributed by atoms with E-state index in [1.807, 2.05) is 46.2 Å². The normalized spacial score (nSPS) is 21.0. The molecule has 5 rings (SSSR count). The van der Waals surface area contributed by atoms with Crippen LogP contribution >= 0.6 is 0 Å². The molecule has 1 saturated carbocycles. The highest BCUT2D eigenvalue weighted by molar-refractivity contribution is 7.91. The lowest BCUT2D eigenvalue weighted by Gasteiger charge is -2.37. The summed E-state index contributed by atoms with van der Waals surface area (Å²) in [5, 5.41) is 3.57. The van der Waals surface area contributed by atoms with Crippen LogP contribution in [0.2, 0.25) is 0 Å². The minimum absolute atomic E-state index is 0.117. The molecule has 1 saturated heterocycles. The molecule has 1 aromatic carbocycles. The molecule has 0 radical (unpaired) electrons. The SMILES string of the molecule is C=CCC1(S(=O)(=O)n2cc(C)c3c(C(=O)NCC4C(=O)N=C(C)C=C4C)cc(N4CCN(CN(C)C)CC4)cc32)CC1. The van der Waals surface area contributed by atoms with E-state index in [1.165, 1.54) is 3.97 Å². The molecule has 0 spiro atoms. The van der Waals surface area contributed by atoms with Crippen LogP contribution in [0.5, 0.6) is 0 Å². The molecule has 226 valence electrons. The van der Waals surface area contributed by atoms with Crippen molar-refractivity contribution in [3.8, 4) is 0 Å². The monoisotopic (exact) mass is 594 g/mol. The summed E-state index contributed by atoms with van der Waals surface area (Å²) in [6.45, 7) is 13.5. The maximum Gasteiger partial charge on any atom is 0.254 e. The van der Waals surface area contributed by atoms with Gasteiger partial charge in [0.1, 0.15) is 0 Å². The summed E-state index contributed by atoms with van der Waals surface area (Å²) in [5.41, 5.74) is 3.94. The van der Waals surface area contributed by atoms with E-state index in [2.05, 4.69) is 31.6 Å². The summed E-state index contributed by atoms with van der Waals surface area (Å²) < 4.78 is 28.6. The highest BCUT2D eigenvalue weighted by atomic mass is 32.2. The second-order valence-electron chi connectivity index (χ2n) is 12.2. The zero-order valence-corrected chi connectivity index (χ0v) is 26.1. The minimum atomic E-state index is -3.74. The van der Waals surface area contributed by atoms with Crippen molar-refractivity contribution in [2.24, 2.45) is 10.9 Å². The summed E-state index contributed by atoms with van der Waals surface area (Å²) in [7, 11) is 0.355. The molecule has 3 heterocycles. The summed E-state index contributed by atoms with van der Waals surface area (Å²) >= 11 is 0. The van der Waals surface area contributed by atoms with E-state index in [4.69, 9.17) is 0 Å². The fraction of sp³-hybridized carbons (Fsp3) is 0.516. The maximum atomic E-state index is 14.0. The Bertz CT molecular complexity index is 1590. The van der Waals surface area contributed by atoms with E-state index in [0.717, 1.165) is 44.1 Å². The van der Waals surface area contributed by atoms with Crippen molar-refractivity contribution in [3.63, 3.8) is 0 Å². The first kappa shape index (κ1) is 30.2. The molecule has 2 fully saturated rings. The number of benzene rings is 1. The number of allylic oxidation sites excluding steroid dienone is 2. The zero-order chi connectivity index (χ0) is 30.4. The van der Waals surface area contributed by atoms with E-state index < -0.39 is 20.7 Å². The van der Waals surface area contributed by atoms with Crippen molar-refractivity contribution in [3.05, 3.63) is 53.8 Å². The molecular formula is C31H42N6O4S. The molecule has 10 nitrogen and oxygen atoms in total. The molecule has 3 aliphatic rings. The highest BCUT2D eigenvalue weighted by Gasteiger charge is 2.54. The molecule has 1 unspecified atom stereocenters. The molecule has 1 aliphatic carbocycles. The van der Waals surface area contributed by atoms with Crippen LogP contribution in [-0.2, 0) is 14.8 Å². The van der Waals surface area contributed by atoms with Crippen molar-refractivity contribution in [2.45, 2.75) is 44.8 Å². The van der Waals surface area contributed by atoms with Crippen LogP contribution in [0.4, 0.5) is 5.69 Å². The van der Waals surface area contributed by atoms with Gasteiger partial charge < -0.3 is 10.2 Å². The van der Waals surface area contributed by atoms with E-state index >= 15 is 0 Å². The van der Waals surface area contributed by atoms with Crippen LogP contribution in [0.15, 0.2) is 47.6 Å². The van der Waals surface area contributed by atoms with E-state index in [9.17, 15) is 18.0 Å². The molecule has 1 aromatic heterocycles. The number of aliphatic imine (C=N–C) groups is 1. The van der Waals surface area contributed by atoms with Crippen molar-refractivity contribution in [2.75, 3.05) is 58.4 Å². The van der Waals surface area contributed by atoms with E-state index in [0.29, 0.717) is 47.0 Å². The smallest absolute Gasteiger partial charge is 0.254 e. The van der Waals surface area contributed by atoms with Gasteiger partial charge in [0.25, 0.3) is 11.8 Å². The fourth-order valence-electron chi connectivity index (χ4n) is 6.24. The number of rotatable bonds is 10. The summed E-state index contributed by atoms with van der Waals surface area (Å²) in [6, 6.07) is 3.78. The highest BCUT2D eigenvalue weighted by Crippen LogP contribution is 2.49. The average molecular weight is 595 g/mol. The molecule has 11 heteroatoms. The molecule has 1 N–H and O–H groups in total. The Hall–Kier alpha value is -3.28. The van der Waals surface area contributed by atoms with Gasteiger partial charge in [-0.25, -0.2) is 17.4 Å². The fourth-order valence-corrected chi connectivity index (χ4v) is 8.31. The van der Waals surface area contributed by atoms with Gasteiger partial charge >= 0.3 is 0 Å². The van der Waals surface area contributed by atoms with Crippen LogP contribution < -0.4 is 10.2 Å². The molecule has 2 amide bonds. The van der Waals surface area contributed by atoms with Gasteiger partial charge in [-0.3, -0.25) is 19.4 Å². The number of dihydropyridines is 1. The number of piperazine rings is 1. The van der Waals surface area contributed by atoms with Crippen LogP contribution in [0.25, 0.3) is 10.9 Å². The number of aromatic nitrogens is 1. The first-order valence-corrected chi connectivity index (χ1v) is 16.0. The molecular weight excluding hydrogens is 552 g/mol. The Kier molecular flexibility index (Phi) is 8.21. The topological polar surface area (TPSA) is 107 Å². The number of aryl methyl sites for hydroxylation is 1. The third kappa shape index (κ3) is 5.57. The third-order valence-corrected chi connectivity index (χ3v) is 11.2. The van der Waals surface area contributed by atoms with Crippen LogP contribution in [-0.4, -0.2) is 98.0 Å². The van der Waals surface area contributed by atoms with Gasteiger partial charge in [-0.1, -0.05) is 11.6 Å². The van der Waals surface area contributed by atoms with E-state index in [-0.39, 0.29) is 18.4 Å². The lowest BCUT2D eigenvalue weighted by molar-refractivity contribution is -0.120. The van der Waals surface area contributed by atoms with Gasteiger partial charge in [-0.2, -0.15) is 0 Å². The predicted octanol–water partition coefficient (Wildman–Crippen LogP) is 3.17. The molecule has 1 atom stereocenters. The lowest BCUT2D eigenvalue weighted by atomic mass is 9.95. The van der Waals surface area contributed by atoms with Crippen LogP contribution in [0.3, 0.4) is 0 Å². The first-order chi connectivity index (χ1) is 19.9. The van der Waals surface area contributed by atoms with Crippen LogP contribution in [0.1, 0.15) is 49.0 Å². The van der Waals surface area contributed by atoms with E-state index in [1.54, 1.807) is 19.2 Å². The standard InChI is InChI=1S/C31H42N6O4S/c1-7-8-31(9-10-31)42(40,41)37-19-22(3)28-25(29(38)32-18-26-21(2)15-23(4)33-30(26)39)16-24(17-27(28)37)36-13-11-35(12-14-36)20-34(5)6/h7,15-17,19,26H,1,8-14,18,20H2,2-6H3,(H,32,38). The number of carbonyl (C=O) groups is 2. The maximum absolute atomic E-state index is 14.0. The number of fused-ring (bicyclic) bond motifs is 1. The predicted molar refractivity (Wildman–Crippen MR) is 168 cm³/mol. The molecule has 2 aliphatic heterocycles. The van der Waals surface area contributed by atoms with Crippen molar-refractivity contribution in [1.29, 1.82) is 0 Å². The van der Waals surface area contributed by atoms with Gasteiger partial charge in [0, 0.05) is 55.7 Å². The number of nitrogens with one attached hydrogen (secondary N) is 1. The Morgan fingerprint density at radius 2 is 1.86 bits per heavy atom. The minimum Gasteiger partial charge on any atom is -0.369 e. The van der Waals surface area contributed by atoms with Gasteiger partial charge in [0.15, 0.2) is 0 Å². The van der Waals surface area contributed by atoms with Gasteiger partial charge in [-0.05, 0) is 77.9 Å². The number of nitrogens with zero attached hydrogens (tertiary/aromatic N) is 5. The Morgan fingerprint density at radius 1 is 1.17 bits per heavy atom. The Labute approximate surface area is 248 Å². The van der Waals surface area contributed by atoms with Gasteiger partial charge in [-0.15, -0.1) is 6.58 Å². The first-order valence-electron chi connectivity index (χ1n) is 14.6. The average Bonchev–Trinajstić information content (AvgIpc) is 3.64. The molecule has 42 heavy (non-hydrogen) atoms. The molecule has 2 aromatic rings. The summed E-state index contributed by atoms with van der Waals surface area (Å²) in [5.74, 6) is -1.14. The van der Waals surface area contributed by atoms with Crippen molar-refractivity contribution in [1.82, 2.24) is 19.1 Å². The van der Waals surface area contributed by atoms with Gasteiger partial charge in [0.05, 0.1) is 28.4 Å². The second-order valence-corrected chi connectivity index (χ2v) is 14.5. The second kappa shape index (κ2) is 11.4. The third-order valence-electron chi connectivity index (χ3n) is 8.68.